The first-order valence-electron chi connectivity index (χ1n) is 7.42. The van der Waals surface area contributed by atoms with Gasteiger partial charge in [0.2, 0.25) is 0 Å². The normalized spacial score (nSPS) is 23.0. The minimum atomic E-state index is -4.34. The van der Waals surface area contributed by atoms with Crippen molar-refractivity contribution in [2.75, 3.05) is 11.9 Å². The van der Waals surface area contributed by atoms with Crippen LogP contribution in [0.25, 0.3) is 0 Å². The maximum atomic E-state index is 12.6. The molecule has 2 N–H and O–H groups in total. The van der Waals surface area contributed by atoms with Gasteiger partial charge in [0, 0.05) is 12.7 Å². The highest BCUT2D eigenvalue weighted by molar-refractivity contribution is 5.38. The molecule has 0 bridgehead atoms. The summed E-state index contributed by atoms with van der Waals surface area (Å²) in [5, 5.41) is 12.8. The Morgan fingerprint density at radius 3 is 2.76 bits per heavy atom. The van der Waals surface area contributed by atoms with Crippen LogP contribution >= 0.6 is 0 Å². The summed E-state index contributed by atoms with van der Waals surface area (Å²) in [7, 11) is 0. The van der Waals surface area contributed by atoms with E-state index in [0.717, 1.165) is 56.9 Å². The number of aliphatic hydroxyl groups excluding tert-OH is 1. The third-order valence-corrected chi connectivity index (χ3v) is 4.01. The van der Waals surface area contributed by atoms with Crippen molar-refractivity contribution >= 4 is 5.82 Å². The quantitative estimate of drug-likeness (QED) is 0.812. The molecule has 0 amide bonds. The zero-order valence-electron chi connectivity index (χ0n) is 11.9. The summed E-state index contributed by atoms with van der Waals surface area (Å²) >= 11 is 0. The summed E-state index contributed by atoms with van der Waals surface area (Å²) in [6.07, 6.45) is 2.48. The number of aliphatic hydroxyl groups is 1. The number of aromatic nitrogens is 1. The fourth-order valence-electron chi connectivity index (χ4n) is 2.81. The number of nitrogens with zero attached hydrogens (tertiary/aromatic N) is 1. The fourth-order valence-corrected chi connectivity index (χ4v) is 2.81. The van der Waals surface area contributed by atoms with Gasteiger partial charge in [0.05, 0.1) is 11.7 Å². The Morgan fingerprint density at radius 2 is 2.05 bits per heavy atom. The molecule has 1 fully saturated rings. The van der Waals surface area contributed by atoms with E-state index in [1.165, 1.54) is 0 Å². The molecule has 1 aliphatic carbocycles. The molecule has 2 atom stereocenters. The van der Waals surface area contributed by atoms with Crippen molar-refractivity contribution in [3.05, 3.63) is 23.9 Å². The Balaban J connectivity index is 1.76. The Labute approximate surface area is 122 Å². The Hall–Kier alpha value is -1.30. The third kappa shape index (κ3) is 4.88. The van der Waals surface area contributed by atoms with Gasteiger partial charge in [-0.2, -0.15) is 13.2 Å². The molecule has 0 aliphatic heterocycles. The average Bonchev–Trinajstić information content (AvgIpc) is 2.45. The number of alkyl halides is 3. The molecule has 3 nitrogen and oxygen atoms in total. The second kappa shape index (κ2) is 7.11. The van der Waals surface area contributed by atoms with Crippen LogP contribution in [-0.4, -0.2) is 22.7 Å². The van der Waals surface area contributed by atoms with E-state index in [4.69, 9.17) is 0 Å². The second-order valence-corrected chi connectivity index (χ2v) is 5.61. The van der Waals surface area contributed by atoms with Gasteiger partial charge in [-0.3, -0.25) is 0 Å². The van der Waals surface area contributed by atoms with Gasteiger partial charge in [-0.15, -0.1) is 0 Å². The van der Waals surface area contributed by atoms with E-state index in [9.17, 15) is 18.3 Å². The number of halogens is 3. The predicted molar refractivity (Wildman–Crippen MR) is 74.9 cm³/mol. The van der Waals surface area contributed by atoms with Crippen molar-refractivity contribution in [1.82, 2.24) is 4.98 Å². The summed E-state index contributed by atoms with van der Waals surface area (Å²) in [5.74, 6) is 0.573. The topological polar surface area (TPSA) is 45.1 Å². The van der Waals surface area contributed by atoms with E-state index in [1.54, 1.807) is 0 Å². The minimum Gasteiger partial charge on any atom is -0.393 e. The Bertz CT molecular complexity index is 451. The highest BCUT2D eigenvalue weighted by Crippen LogP contribution is 2.30. The van der Waals surface area contributed by atoms with E-state index >= 15 is 0 Å². The van der Waals surface area contributed by atoms with Crippen LogP contribution in [0.1, 0.15) is 44.1 Å². The van der Waals surface area contributed by atoms with Crippen molar-refractivity contribution in [1.29, 1.82) is 0 Å². The summed E-state index contributed by atoms with van der Waals surface area (Å²) in [6.45, 7) is 0.567. The van der Waals surface area contributed by atoms with Crippen molar-refractivity contribution < 1.29 is 18.3 Å². The van der Waals surface area contributed by atoms with Gasteiger partial charge < -0.3 is 10.4 Å². The molecule has 0 radical (unpaired) electrons. The zero-order valence-corrected chi connectivity index (χ0v) is 11.9. The maximum Gasteiger partial charge on any atom is 0.416 e. The molecule has 1 aliphatic rings. The van der Waals surface area contributed by atoms with E-state index in [1.807, 2.05) is 0 Å². The van der Waals surface area contributed by atoms with Gasteiger partial charge in [-0.05, 0) is 43.7 Å². The van der Waals surface area contributed by atoms with Crippen LogP contribution in [0.3, 0.4) is 0 Å². The first kappa shape index (κ1) is 16.1. The number of hydrogen-bond acceptors (Lipinski definition) is 3. The van der Waals surface area contributed by atoms with Gasteiger partial charge in [0.1, 0.15) is 5.82 Å². The number of rotatable bonds is 5. The molecule has 2 unspecified atom stereocenters. The first-order chi connectivity index (χ1) is 9.97. The second-order valence-electron chi connectivity index (χ2n) is 5.61. The zero-order chi connectivity index (χ0) is 15.3. The van der Waals surface area contributed by atoms with Gasteiger partial charge in [-0.1, -0.05) is 12.8 Å². The largest absolute Gasteiger partial charge is 0.416 e. The molecule has 1 aromatic rings. The van der Waals surface area contributed by atoms with Gasteiger partial charge in [0.25, 0.3) is 0 Å². The van der Waals surface area contributed by atoms with Crippen molar-refractivity contribution in [2.45, 2.75) is 50.8 Å². The van der Waals surface area contributed by atoms with E-state index < -0.39 is 11.7 Å². The highest BCUT2D eigenvalue weighted by atomic mass is 19.4. The first-order valence-corrected chi connectivity index (χ1v) is 7.42. The molecular formula is C15H21F3N2O. The summed E-state index contributed by atoms with van der Waals surface area (Å²) in [6, 6.07) is 1.99. The molecule has 118 valence electrons. The molecule has 2 rings (SSSR count). The van der Waals surface area contributed by atoms with Crippen LogP contribution in [0, 0.1) is 5.92 Å². The number of anilines is 1. The molecular weight excluding hydrogens is 281 g/mol. The van der Waals surface area contributed by atoms with Crippen LogP contribution < -0.4 is 5.32 Å². The van der Waals surface area contributed by atoms with Gasteiger partial charge >= 0.3 is 6.18 Å². The highest BCUT2D eigenvalue weighted by Gasteiger charge is 2.30. The minimum absolute atomic E-state index is 0.217. The lowest BCUT2D eigenvalue weighted by atomic mass is 9.83. The van der Waals surface area contributed by atoms with Crippen molar-refractivity contribution in [3.8, 4) is 0 Å². The molecule has 0 saturated heterocycles. The van der Waals surface area contributed by atoms with Crippen LogP contribution in [0.5, 0.6) is 0 Å². The molecule has 1 aromatic heterocycles. The van der Waals surface area contributed by atoms with Crippen molar-refractivity contribution in [2.24, 2.45) is 5.92 Å². The number of pyridine rings is 1. The van der Waals surface area contributed by atoms with E-state index in [0.29, 0.717) is 12.5 Å². The molecule has 0 spiro atoms. The summed E-state index contributed by atoms with van der Waals surface area (Å²) < 4.78 is 37.7. The third-order valence-electron chi connectivity index (χ3n) is 4.01. The van der Waals surface area contributed by atoms with E-state index in [2.05, 4.69) is 10.3 Å². The molecule has 1 saturated carbocycles. The lowest BCUT2D eigenvalue weighted by Gasteiger charge is -2.27. The number of hydrogen-bond donors (Lipinski definition) is 2. The van der Waals surface area contributed by atoms with Gasteiger partial charge in [0.15, 0.2) is 0 Å². The molecule has 1 heterocycles. The smallest absolute Gasteiger partial charge is 0.393 e. The van der Waals surface area contributed by atoms with Crippen molar-refractivity contribution in [3.63, 3.8) is 0 Å². The summed E-state index contributed by atoms with van der Waals surface area (Å²) in [5.41, 5.74) is -0.692. The fraction of sp³-hybridized carbons (Fsp3) is 0.667. The lowest BCUT2D eigenvalue weighted by molar-refractivity contribution is -0.137. The SMILES string of the molecule is OC1CCCCC1CCCNc1cc(C(F)(F)F)ccn1. The van der Waals surface area contributed by atoms with Crippen LogP contribution in [0.4, 0.5) is 19.0 Å². The summed E-state index contributed by atoms with van der Waals surface area (Å²) in [4.78, 5) is 3.89. The van der Waals surface area contributed by atoms with Crippen LogP contribution in [-0.2, 0) is 6.18 Å². The van der Waals surface area contributed by atoms with Crippen LogP contribution in [0.15, 0.2) is 18.3 Å². The lowest BCUT2D eigenvalue weighted by Crippen LogP contribution is -2.24. The van der Waals surface area contributed by atoms with Gasteiger partial charge in [-0.25, -0.2) is 4.98 Å². The molecule has 21 heavy (non-hydrogen) atoms. The number of nitrogens with one attached hydrogen (secondary N) is 1. The monoisotopic (exact) mass is 302 g/mol. The molecule has 6 heteroatoms. The van der Waals surface area contributed by atoms with Crippen LogP contribution in [0.2, 0.25) is 0 Å². The standard InChI is InChI=1S/C15H21F3N2O/c16-15(17,18)12-7-9-20-14(10-12)19-8-3-5-11-4-1-2-6-13(11)21/h7,9-11,13,21H,1-6,8H2,(H,19,20). The molecule has 0 aromatic carbocycles. The Kier molecular flexibility index (Phi) is 5.45. The predicted octanol–water partition coefficient (Wildman–Crippen LogP) is 3.84. The van der Waals surface area contributed by atoms with E-state index in [-0.39, 0.29) is 11.9 Å². The Morgan fingerprint density at radius 1 is 1.29 bits per heavy atom. The maximum absolute atomic E-state index is 12.6. The average molecular weight is 302 g/mol.